The van der Waals surface area contributed by atoms with Crippen LogP contribution in [0.2, 0.25) is 5.02 Å². The quantitative estimate of drug-likeness (QED) is 0.924. The molecule has 0 radical (unpaired) electrons. The molecule has 1 aliphatic carbocycles. The van der Waals surface area contributed by atoms with Gasteiger partial charge in [0.1, 0.15) is 0 Å². The fourth-order valence-corrected chi connectivity index (χ4v) is 2.74. The first-order valence-corrected chi connectivity index (χ1v) is 7.36. The molecule has 1 atom stereocenters. The van der Waals surface area contributed by atoms with Crippen LogP contribution in [0.5, 0.6) is 0 Å². The summed E-state index contributed by atoms with van der Waals surface area (Å²) < 4.78 is 1.83. The standard InChI is InChI=1S/C14H22ClN3O/c1-9(14(19)16-12-6-4-5-7-12)8-18-11(3)13(15)10(2)17-18/h9,12H,4-8H2,1-3H3,(H,16,19). The minimum Gasteiger partial charge on any atom is -0.353 e. The van der Waals surface area contributed by atoms with Crippen molar-refractivity contribution >= 4 is 17.5 Å². The smallest absolute Gasteiger partial charge is 0.224 e. The Bertz CT molecular complexity index is 464. The Balaban J connectivity index is 1.94. The number of aryl methyl sites for hydroxylation is 1. The normalized spacial score (nSPS) is 17.7. The van der Waals surface area contributed by atoms with Crippen molar-refractivity contribution in [2.75, 3.05) is 0 Å². The summed E-state index contributed by atoms with van der Waals surface area (Å²) in [5.41, 5.74) is 1.75. The average molecular weight is 284 g/mol. The Morgan fingerprint density at radius 2 is 2.11 bits per heavy atom. The van der Waals surface area contributed by atoms with Crippen LogP contribution in [-0.2, 0) is 11.3 Å². The van der Waals surface area contributed by atoms with E-state index in [0.29, 0.717) is 17.6 Å². The monoisotopic (exact) mass is 283 g/mol. The first-order valence-electron chi connectivity index (χ1n) is 6.99. The van der Waals surface area contributed by atoms with Crippen LogP contribution >= 0.6 is 11.6 Å². The SMILES string of the molecule is Cc1nn(CC(C)C(=O)NC2CCCC2)c(C)c1Cl. The number of nitrogens with zero attached hydrogens (tertiary/aromatic N) is 2. The summed E-state index contributed by atoms with van der Waals surface area (Å²) >= 11 is 6.11. The van der Waals surface area contributed by atoms with Gasteiger partial charge in [-0.25, -0.2) is 0 Å². The second kappa shape index (κ2) is 5.95. The first-order chi connectivity index (χ1) is 8.99. The highest BCUT2D eigenvalue weighted by Crippen LogP contribution is 2.21. The van der Waals surface area contributed by atoms with Crippen LogP contribution in [0, 0.1) is 19.8 Å². The largest absolute Gasteiger partial charge is 0.353 e. The number of hydrogen-bond donors (Lipinski definition) is 1. The fourth-order valence-electron chi connectivity index (χ4n) is 2.61. The zero-order chi connectivity index (χ0) is 14.0. The Morgan fingerprint density at radius 3 is 2.63 bits per heavy atom. The van der Waals surface area contributed by atoms with E-state index in [9.17, 15) is 4.79 Å². The Hall–Kier alpha value is -1.03. The van der Waals surface area contributed by atoms with Crippen LogP contribution in [0.3, 0.4) is 0 Å². The number of carbonyl (C=O) groups is 1. The predicted molar refractivity (Wildman–Crippen MR) is 76.3 cm³/mol. The lowest BCUT2D eigenvalue weighted by Crippen LogP contribution is -2.38. The van der Waals surface area contributed by atoms with Crippen LogP contribution in [0.25, 0.3) is 0 Å². The van der Waals surface area contributed by atoms with Gasteiger partial charge in [-0.3, -0.25) is 9.48 Å². The molecule has 4 nitrogen and oxygen atoms in total. The summed E-state index contributed by atoms with van der Waals surface area (Å²) in [5.74, 6) is 0.0326. The van der Waals surface area contributed by atoms with E-state index in [4.69, 9.17) is 11.6 Å². The number of nitrogens with one attached hydrogen (secondary N) is 1. The molecular weight excluding hydrogens is 262 g/mol. The van der Waals surface area contributed by atoms with Crippen molar-refractivity contribution in [3.05, 3.63) is 16.4 Å². The molecule has 1 heterocycles. The third kappa shape index (κ3) is 3.30. The van der Waals surface area contributed by atoms with Gasteiger partial charge in [0.15, 0.2) is 0 Å². The zero-order valence-corrected chi connectivity index (χ0v) is 12.6. The third-order valence-corrected chi connectivity index (χ3v) is 4.44. The molecule has 1 unspecified atom stereocenters. The molecule has 2 rings (SSSR count). The highest BCUT2D eigenvalue weighted by atomic mass is 35.5. The maximum atomic E-state index is 12.1. The summed E-state index contributed by atoms with van der Waals surface area (Å²) in [6.45, 7) is 6.34. The van der Waals surface area contributed by atoms with Gasteiger partial charge in [0.2, 0.25) is 5.91 Å². The van der Waals surface area contributed by atoms with E-state index in [1.54, 1.807) is 0 Å². The van der Waals surface area contributed by atoms with Crippen molar-refractivity contribution in [1.29, 1.82) is 0 Å². The molecule has 0 aromatic carbocycles. The summed E-state index contributed by atoms with van der Waals surface area (Å²) in [6.07, 6.45) is 4.69. The van der Waals surface area contributed by atoms with Gasteiger partial charge in [-0.2, -0.15) is 5.10 Å². The van der Waals surface area contributed by atoms with Crippen molar-refractivity contribution in [2.24, 2.45) is 5.92 Å². The minimum atomic E-state index is -0.0883. The molecule has 0 bridgehead atoms. The Labute approximate surface area is 119 Å². The maximum Gasteiger partial charge on any atom is 0.224 e. The van der Waals surface area contributed by atoms with Crippen LogP contribution in [0.15, 0.2) is 0 Å². The van der Waals surface area contributed by atoms with Gasteiger partial charge in [-0.1, -0.05) is 31.4 Å². The second-order valence-electron chi connectivity index (χ2n) is 5.56. The van der Waals surface area contributed by atoms with E-state index < -0.39 is 0 Å². The fraction of sp³-hybridized carbons (Fsp3) is 0.714. The van der Waals surface area contributed by atoms with Crippen molar-refractivity contribution in [3.63, 3.8) is 0 Å². The van der Waals surface area contributed by atoms with Gasteiger partial charge >= 0.3 is 0 Å². The number of carbonyl (C=O) groups excluding carboxylic acids is 1. The Kier molecular flexibility index (Phi) is 4.50. The molecule has 5 heteroatoms. The van der Waals surface area contributed by atoms with E-state index in [1.165, 1.54) is 12.8 Å². The topological polar surface area (TPSA) is 46.9 Å². The number of halogens is 1. The van der Waals surface area contributed by atoms with E-state index in [1.807, 2.05) is 25.5 Å². The molecule has 1 aliphatic rings. The summed E-state index contributed by atoms with van der Waals surface area (Å²) in [5, 5.41) is 8.19. The first kappa shape index (κ1) is 14.4. The highest BCUT2D eigenvalue weighted by molar-refractivity contribution is 6.31. The Morgan fingerprint density at radius 1 is 1.47 bits per heavy atom. The number of amides is 1. The number of aromatic nitrogens is 2. The van der Waals surface area contributed by atoms with Crippen molar-refractivity contribution < 1.29 is 4.79 Å². The molecule has 1 N–H and O–H groups in total. The molecule has 1 fully saturated rings. The molecule has 1 amide bonds. The lowest BCUT2D eigenvalue weighted by atomic mass is 10.1. The number of rotatable bonds is 4. The van der Waals surface area contributed by atoms with E-state index in [2.05, 4.69) is 10.4 Å². The van der Waals surface area contributed by atoms with E-state index in [-0.39, 0.29) is 11.8 Å². The van der Waals surface area contributed by atoms with E-state index in [0.717, 1.165) is 24.2 Å². The van der Waals surface area contributed by atoms with Gasteiger partial charge in [0.25, 0.3) is 0 Å². The van der Waals surface area contributed by atoms with E-state index >= 15 is 0 Å². The van der Waals surface area contributed by atoms with Crippen LogP contribution in [0.1, 0.15) is 44.0 Å². The lowest BCUT2D eigenvalue weighted by molar-refractivity contribution is -0.125. The summed E-state index contributed by atoms with van der Waals surface area (Å²) in [6, 6.07) is 0.374. The van der Waals surface area contributed by atoms with Crippen molar-refractivity contribution in [3.8, 4) is 0 Å². The van der Waals surface area contributed by atoms with Crippen molar-refractivity contribution in [2.45, 2.75) is 59.0 Å². The third-order valence-electron chi connectivity index (χ3n) is 3.89. The summed E-state index contributed by atoms with van der Waals surface area (Å²) in [4.78, 5) is 12.1. The molecule has 1 saturated carbocycles. The maximum absolute atomic E-state index is 12.1. The minimum absolute atomic E-state index is 0.0883. The predicted octanol–water partition coefficient (Wildman–Crippen LogP) is 2.85. The molecule has 0 aliphatic heterocycles. The molecule has 19 heavy (non-hydrogen) atoms. The van der Waals surface area contributed by atoms with Gasteiger partial charge in [-0.05, 0) is 26.7 Å². The molecule has 106 valence electrons. The van der Waals surface area contributed by atoms with Gasteiger partial charge in [0, 0.05) is 6.04 Å². The molecule has 1 aromatic rings. The molecule has 0 spiro atoms. The van der Waals surface area contributed by atoms with Gasteiger partial charge < -0.3 is 5.32 Å². The van der Waals surface area contributed by atoms with Crippen LogP contribution in [-0.4, -0.2) is 21.7 Å². The van der Waals surface area contributed by atoms with Crippen LogP contribution < -0.4 is 5.32 Å². The highest BCUT2D eigenvalue weighted by Gasteiger charge is 2.22. The van der Waals surface area contributed by atoms with Gasteiger partial charge in [0.05, 0.1) is 28.9 Å². The molecular formula is C14H22ClN3O. The molecule has 1 aromatic heterocycles. The lowest BCUT2D eigenvalue weighted by Gasteiger charge is -2.17. The number of hydrogen-bond acceptors (Lipinski definition) is 2. The van der Waals surface area contributed by atoms with Crippen molar-refractivity contribution in [1.82, 2.24) is 15.1 Å². The zero-order valence-electron chi connectivity index (χ0n) is 11.9. The van der Waals surface area contributed by atoms with Gasteiger partial charge in [-0.15, -0.1) is 0 Å². The second-order valence-corrected chi connectivity index (χ2v) is 5.94. The summed E-state index contributed by atoms with van der Waals surface area (Å²) in [7, 11) is 0. The molecule has 0 saturated heterocycles. The van der Waals surface area contributed by atoms with Crippen LogP contribution in [0.4, 0.5) is 0 Å². The average Bonchev–Trinajstić information content (AvgIpc) is 2.95.